The highest BCUT2D eigenvalue weighted by atomic mass is 32.1. The van der Waals surface area contributed by atoms with Crippen molar-refractivity contribution in [2.75, 3.05) is 5.32 Å². The summed E-state index contributed by atoms with van der Waals surface area (Å²) in [7, 11) is 0. The Morgan fingerprint density at radius 1 is 1.33 bits per heavy atom. The lowest BCUT2D eigenvalue weighted by molar-refractivity contribution is 0.216. The first-order valence-corrected chi connectivity index (χ1v) is 8.47. The monoisotopic (exact) mass is 303 g/mol. The van der Waals surface area contributed by atoms with Gasteiger partial charge in [-0.05, 0) is 49.1 Å². The molecule has 21 heavy (non-hydrogen) atoms. The molecule has 3 N–H and O–H groups in total. The first-order chi connectivity index (χ1) is 9.97. The maximum absolute atomic E-state index is 5.93. The summed E-state index contributed by atoms with van der Waals surface area (Å²) in [4.78, 5) is 5.31. The van der Waals surface area contributed by atoms with E-state index in [2.05, 4.69) is 25.2 Å². The van der Waals surface area contributed by atoms with E-state index in [0.29, 0.717) is 16.4 Å². The van der Waals surface area contributed by atoms with Gasteiger partial charge >= 0.3 is 0 Å². The number of rotatable bonds is 3. The lowest BCUT2D eigenvalue weighted by Crippen LogP contribution is -2.39. The van der Waals surface area contributed by atoms with E-state index in [-0.39, 0.29) is 0 Å². The SMILES string of the molecule is CC1(C)CCCCC1Nc1nc2c(cc1C(N)=S)CCC2. The molecule has 0 radical (unpaired) electrons. The number of aryl methyl sites for hydroxylation is 2. The molecule has 3 rings (SSSR count). The molecule has 1 aromatic rings. The zero-order valence-electron chi connectivity index (χ0n) is 13.0. The molecular formula is C17H25N3S. The van der Waals surface area contributed by atoms with Gasteiger partial charge in [-0.15, -0.1) is 0 Å². The van der Waals surface area contributed by atoms with Gasteiger partial charge in [0.1, 0.15) is 10.8 Å². The molecule has 3 nitrogen and oxygen atoms in total. The first kappa shape index (κ1) is 14.8. The minimum Gasteiger partial charge on any atom is -0.389 e. The zero-order chi connectivity index (χ0) is 15.0. The van der Waals surface area contributed by atoms with Gasteiger partial charge in [0.2, 0.25) is 0 Å². The summed E-state index contributed by atoms with van der Waals surface area (Å²) >= 11 is 5.24. The second-order valence-corrected chi connectivity index (χ2v) is 7.58. The topological polar surface area (TPSA) is 50.9 Å². The Balaban J connectivity index is 1.92. The summed E-state index contributed by atoms with van der Waals surface area (Å²) in [6, 6.07) is 2.61. The van der Waals surface area contributed by atoms with Gasteiger partial charge in [-0.25, -0.2) is 4.98 Å². The fraction of sp³-hybridized carbons (Fsp3) is 0.647. The van der Waals surface area contributed by atoms with Gasteiger partial charge in [0.25, 0.3) is 0 Å². The zero-order valence-corrected chi connectivity index (χ0v) is 13.9. The van der Waals surface area contributed by atoms with Gasteiger partial charge in [0, 0.05) is 11.7 Å². The number of nitrogens with zero attached hydrogens (tertiary/aromatic N) is 1. The summed E-state index contributed by atoms with van der Waals surface area (Å²) < 4.78 is 0. The number of fused-ring (bicyclic) bond motifs is 1. The van der Waals surface area contributed by atoms with Crippen LogP contribution in [0, 0.1) is 5.41 Å². The summed E-state index contributed by atoms with van der Waals surface area (Å²) in [6.07, 6.45) is 8.44. The molecular weight excluding hydrogens is 278 g/mol. The summed E-state index contributed by atoms with van der Waals surface area (Å²) in [5, 5.41) is 3.67. The van der Waals surface area contributed by atoms with Crippen LogP contribution in [0.3, 0.4) is 0 Å². The molecule has 0 bridgehead atoms. The minimum absolute atomic E-state index is 0.298. The molecule has 1 saturated carbocycles. The van der Waals surface area contributed by atoms with E-state index in [1.165, 1.54) is 43.4 Å². The van der Waals surface area contributed by atoms with Crippen molar-refractivity contribution in [3.63, 3.8) is 0 Å². The van der Waals surface area contributed by atoms with Crippen molar-refractivity contribution in [3.8, 4) is 0 Å². The van der Waals surface area contributed by atoms with Crippen LogP contribution in [0.4, 0.5) is 5.82 Å². The number of nitrogens with two attached hydrogens (primary N) is 1. The van der Waals surface area contributed by atoms with E-state index in [0.717, 1.165) is 24.2 Å². The number of aromatic nitrogens is 1. The maximum atomic E-state index is 5.93. The highest BCUT2D eigenvalue weighted by Crippen LogP contribution is 2.38. The van der Waals surface area contributed by atoms with Crippen LogP contribution in [-0.2, 0) is 12.8 Å². The first-order valence-electron chi connectivity index (χ1n) is 8.06. The smallest absolute Gasteiger partial charge is 0.136 e. The molecule has 114 valence electrons. The second kappa shape index (κ2) is 5.56. The number of thiocarbonyl (C=S) groups is 1. The lowest BCUT2D eigenvalue weighted by atomic mass is 9.73. The van der Waals surface area contributed by atoms with Gasteiger partial charge in [-0.3, -0.25) is 0 Å². The van der Waals surface area contributed by atoms with E-state index in [1.807, 2.05) is 0 Å². The Morgan fingerprint density at radius 2 is 2.14 bits per heavy atom. The van der Waals surface area contributed by atoms with Crippen LogP contribution < -0.4 is 11.1 Å². The summed E-state index contributed by atoms with van der Waals surface area (Å²) in [5.74, 6) is 0.906. The van der Waals surface area contributed by atoms with Crippen molar-refractivity contribution in [2.45, 2.75) is 64.8 Å². The van der Waals surface area contributed by atoms with Gasteiger partial charge in [-0.1, -0.05) is 38.9 Å². The highest BCUT2D eigenvalue weighted by Gasteiger charge is 2.33. The van der Waals surface area contributed by atoms with E-state index in [9.17, 15) is 0 Å². The van der Waals surface area contributed by atoms with Crippen LogP contribution in [0.1, 0.15) is 62.8 Å². The predicted molar refractivity (Wildman–Crippen MR) is 91.8 cm³/mol. The van der Waals surface area contributed by atoms with Crippen molar-refractivity contribution >= 4 is 23.0 Å². The largest absolute Gasteiger partial charge is 0.389 e. The van der Waals surface area contributed by atoms with Crippen LogP contribution in [0.15, 0.2) is 6.07 Å². The number of pyridine rings is 1. The highest BCUT2D eigenvalue weighted by molar-refractivity contribution is 7.80. The molecule has 0 spiro atoms. The molecule has 0 aliphatic heterocycles. The maximum Gasteiger partial charge on any atom is 0.136 e. The third-order valence-corrected chi connectivity index (χ3v) is 5.35. The van der Waals surface area contributed by atoms with Gasteiger partial charge in [-0.2, -0.15) is 0 Å². The molecule has 1 aromatic heterocycles. The van der Waals surface area contributed by atoms with Crippen molar-refractivity contribution in [3.05, 3.63) is 22.9 Å². The molecule has 4 heteroatoms. The quantitative estimate of drug-likeness (QED) is 0.838. The number of hydrogen-bond acceptors (Lipinski definition) is 3. The van der Waals surface area contributed by atoms with Gasteiger partial charge < -0.3 is 11.1 Å². The van der Waals surface area contributed by atoms with Crippen LogP contribution in [0.2, 0.25) is 0 Å². The second-order valence-electron chi connectivity index (χ2n) is 7.14. The summed E-state index contributed by atoms with van der Waals surface area (Å²) in [6.45, 7) is 4.69. The molecule has 1 heterocycles. The van der Waals surface area contributed by atoms with Crippen LogP contribution in [0.5, 0.6) is 0 Å². The summed E-state index contributed by atoms with van der Waals surface area (Å²) in [5.41, 5.74) is 9.71. The lowest BCUT2D eigenvalue weighted by Gasteiger charge is -2.39. The van der Waals surface area contributed by atoms with Crippen LogP contribution in [0.25, 0.3) is 0 Å². The molecule has 1 fully saturated rings. The van der Waals surface area contributed by atoms with Crippen molar-refractivity contribution in [2.24, 2.45) is 11.1 Å². The number of hydrogen-bond donors (Lipinski definition) is 2. The average Bonchev–Trinajstić information content (AvgIpc) is 2.87. The Labute approximate surface area is 132 Å². The third kappa shape index (κ3) is 2.91. The molecule has 0 amide bonds. The van der Waals surface area contributed by atoms with E-state index in [1.54, 1.807) is 0 Å². The van der Waals surface area contributed by atoms with E-state index < -0.39 is 0 Å². The molecule has 0 aromatic carbocycles. The fourth-order valence-corrected chi connectivity index (χ4v) is 3.85. The molecule has 2 aliphatic carbocycles. The van der Waals surface area contributed by atoms with Crippen LogP contribution >= 0.6 is 12.2 Å². The standard InChI is InChI=1S/C17H25N3S/c1-17(2)9-4-3-8-14(17)20-16-12(15(18)21)10-11-6-5-7-13(11)19-16/h10,14H,3-9H2,1-2H3,(H2,18,21)(H,19,20). The number of nitrogens with one attached hydrogen (secondary N) is 1. The molecule has 0 saturated heterocycles. The molecule has 1 atom stereocenters. The Hall–Kier alpha value is -1.16. The van der Waals surface area contributed by atoms with E-state index >= 15 is 0 Å². The Kier molecular flexibility index (Phi) is 3.91. The van der Waals surface area contributed by atoms with Crippen molar-refractivity contribution in [1.29, 1.82) is 0 Å². The molecule has 2 aliphatic rings. The predicted octanol–water partition coefficient (Wildman–Crippen LogP) is 3.59. The van der Waals surface area contributed by atoms with Crippen molar-refractivity contribution < 1.29 is 0 Å². The normalized spacial score (nSPS) is 23.6. The Morgan fingerprint density at radius 3 is 2.86 bits per heavy atom. The minimum atomic E-state index is 0.298. The third-order valence-electron chi connectivity index (χ3n) is 5.13. The van der Waals surface area contributed by atoms with Crippen molar-refractivity contribution in [1.82, 2.24) is 4.98 Å². The number of anilines is 1. The molecule has 1 unspecified atom stereocenters. The van der Waals surface area contributed by atoms with E-state index in [4.69, 9.17) is 22.9 Å². The fourth-order valence-electron chi connectivity index (χ4n) is 3.70. The van der Waals surface area contributed by atoms with Gasteiger partial charge in [0.15, 0.2) is 0 Å². The van der Waals surface area contributed by atoms with Gasteiger partial charge in [0.05, 0.1) is 5.56 Å². The van der Waals surface area contributed by atoms with Crippen LogP contribution in [-0.4, -0.2) is 16.0 Å². The average molecular weight is 303 g/mol. The Bertz CT molecular complexity index is 565.